The predicted molar refractivity (Wildman–Crippen MR) is 100 cm³/mol. The highest BCUT2D eigenvalue weighted by atomic mass is 35.5. The Kier molecular flexibility index (Phi) is 4.22. The third-order valence-electron chi connectivity index (χ3n) is 4.42. The number of nitrogens with zero attached hydrogens (tertiary/aromatic N) is 3. The van der Waals surface area contributed by atoms with Crippen LogP contribution in [0.5, 0.6) is 0 Å². The number of hydrogen-bond donors (Lipinski definition) is 0. The van der Waals surface area contributed by atoms with Gasteiger partial charge in [0.15, 0.2) is 5.58 Å². The molecule has 2 aromatic carbocycles. The van der Waals surface area contributed by atoms with Gasteiger partial charge in [-0.05, 0) is 30.3 Å². The first-order chi connectivity index (χ1) is 13.8. The number of para-hydroxylation sites is 2. The zero-order valence-corrected chi connectivity index (χ0v) is 15.7. The summed E-state index contributed by atoms with van der Waals surface area (Å²) in [6.45, 7) is 0. The lowest BCUT2D eigenvalue weighted by molar-refractivity contribution is -0.152. The highest BCUT2D eigenvalue weighted by Gasteiger charge is 2.63. The van der Waals surface area contributed by atoms with Crippen LogP contribution in [0.15, 0.2) is 46.9 Å². The molecule has 8 nitrogen and oxygen atoms in total. The fraction of sp³-hybridized carbons (Fsp3) is 0.0526. The van der Waals surface area contributed by atoms with Gasteiger partial charge in [0.1, 0.15) is 5.52 Å². The van der Waals surface area contributed by atoms with Crippen molar-refractivity contribution >= 4 is 63.4 Å². The molecule has 0 N–H and O–H groups in total. The SMILES string of the molecule is N#CC1(c2nc3ccccc3o2)C(=O)C(=O)N(c2ccc(Cl)c(Cl)c2)C(=O)C1=O. The maximum atomic E-state index is 12.9. The molecule has 2 amide bonds. The van der Waals surface area contributed by atoms with Crippen molar-refractivity contribution in [2.24, 2.45) is 0 Å². The van der Waals surface area contributed by atoms with Crippen molar-refractivity contribution in [3.8, 4) is 6.07 Å². The van der Waals surface area contributed by atoms with Crippen molar-refractivity contribution in [2.45, 2.75) is 5.41 Å². The van der Waals surface area contributed by atoms with Crippen molar-refractivity contribution in [3.63, 3.8) is 0 Å². The largest absolute Gasteiger partial charge is 0.438 e. The Morgan fingerprint density at radius 1 is 0.966 bits per heavy atom. The van der Waals surface area contributed by atoms with Gasteiger partial charge in [0.2, 0.25) is 5.89 Å². The van der Waals surface area contributed by atoms with E-state index in [1.807, 2.05) is 0 Å². The molecule has 0 saturated carbocycles. The summed E-state index contributed by atoms with van der Waals surface area (Å²) in [7, 11) is 0. The molecule has 10 heteroatoms. The number of rotatable bonds is 2. The summed E-state index contributed by atoms with van der Waals surface area (Å²) in [5, 5.41) is 9.82. The molecule has 0 unspecified atom stereocenters. The maximum Gasteiger partial charge on any atom is 0.304 e. The van der Waals surface area contributed by atoms with E-state index in [1.165, 1.54) is 30.3 Å². The second-order valence-electron chi connectivity index (χ2n) is 6.05. The van der Waals surface area contributed by atoms with E-state index in [-0.39, 0.29) is 26.8 Å². The molecule has 1 aliphatic heterocycles. The fourth-order valence-corrected chi connectivity index (χ4v) is 3.25. The summed E-state index contributed by atoms with van der Waals surface area (Å²) in [6.07, 6.45) is 0. The molecule has 1 aliphatic rings. The Morgan fingerprint density at radius 3 is 2.21 bits per heavy atom. The Labute approximate surface area is 172 Å². The van der Waals surface area contributed by atoms with Crippen LogP contribution in [-0.4, -0.2) is 28.4 Å². The lowest BCUT2D eigenvalue weighted by Crippen LogP contribution is -2.63. The molecule has 4 rings (SSSR count). The number of fused-ring (bicyclic) bond motifs is 1. The molecule has 2 heterocycles. The van der Waals surface area contributed by atoms with Crippen LogP contribution in [0.1, 0.15) is 5.89 Å². The van der Waals surface area contributed by atoms with Gasteiger partial charge in [-0.2, -0.15) is 5.26 Å². The summed E-state index contributed by atoms with van der Waals surface area (Å²) in [4.78, 5) is 55.6. The van der Waals surface area contributed by atoms with Gasteiger partial charge in [-0.25, -0.2) is 9.88 Å². The molecule has 3 aromatic rings. The van der Waals surface area contributed by atoms with Gasteiger partial charge in [0.05, 0.1) is 21.8 Å². The number of imide groups is 1. The average Bonchev–Trinajstić information content (AvgIpc) is 3.14. The topological polar surface area (TPSA) is 121 Å². The van der Waals surface area contributed by atoms with E-state index in [1.54, 1.807) is 12.1 Å². The van der Waals surface area contributed by atoms with Crippen molar-refractivity contribution in [2.75, 3.05) is 4.90 Å². The van der Waals surface area contributed by atoms with Crippen molar-refractivity contribution in [1.29, 1.82) is 5.26 Å². The number of piperidine rings is 1. The minimum atomic E-state index is -2.81. The first kappa shape index (κ1) is 18.8. The Bertz CT molecular complexity index is 1230. The zero-order chi connectivity index (χ0) is 20.9. The lowest BCUT2D eigenvalue weighted by atomic mass is 9.76. The van der Waals surface area contributed by atoms with E-state index in [0.29, 0.717) is 4.90 Å². The first-order valence-electron chi connectivity index (χ1n) is 8.01. The van der Waals surface area contributed by atoms with Crippen LogP contribution in [0.25, 0.3) is 11.1 Å². The molecule has 142 valence electrons. The van der Waals surface area contributed by atoms with Crippen LogP contribution in [0.4, 0.5) is 5.69 Å². The van der Waals surface area contributed by atoms with E-state index in [4.69, 9.17) is 27.6 Å². The molecule has 29 heavy (non-hydrogen) atoms. The molecule has 0 bridgehead atoms. The molecular weight excluding hydrogens is 421 g/mol. The normalized spacial score (nSPS) is 16.4. The van der Waals surface area contributed by atoms with Crippen LogP contribution >= 0.6 is 23.2 Å². The maximum absolute atomic E-state index is 12.9. The molecular formula is C19H7Cl2N3O5. The van der Waals surface area contributed by atoms with E-state index in [0.717, 1.165) is 6.07 Å². The van der Waals surface area contributed by atoms with Gasteiger partial charge in [0, 0.05) is 0 Å². The standard InChI is InChI=1S/C19H7Cl2N3O5/c20-10-6-5-9(7-11(10)21)24-16(27)14(25)19(8-22,15(26)17(24)28)18-23-12-3-1-2-4-13(12)29-18/h1-7H. The van der Waals surface area contributed by atoms with E-state index in [2.05, 4.69) is 4.98 Å². The molecule has 1 saturated heterocycles. The number of halogens is 2. The van der Waals surface area contributed by atoms with Crippen molar-refractivity contribution in [1.82, 2.24) is 4.98 Å². The third-order valence-corrected chi connectivity index (χ3v) is 5.16. The van der Waals surface area contributed by atoms with Crippen LogP contribution in [0.3, 0.4) is 0 Å². The van der Waals surface area contributed by atoms with Crippen molar-refractivity contribution in [3.05, 3.63) is 58.4 Å². The molecule has 0 radical (unpaired) electrons. The van der Waals surface area contributed by atoms with Gasteiger partial charge in [-0.3, -0.25) is 19.2 Å². The monoisotopic (exact) mass is 427 g/mol. The number of benzene rings is 2. The third kappa shape index (κ3) is 2.56. The molecule has 0 aliphatic carbocycles. The van der Waals surface area contributed by atoms with Gasteiger partial charge < -0.3 is 4.42 Å². The number of hydrogen-bond acceptors (Lipinski definition) is 7. The van der Waals surface area contributed by atoms with E-state index < -0.39 is 34.7 Å². The van der Waals surface area contributed by atoms with Gasteiger partial charge in [-0.1, -0.05) is 35.3 Å². The number of carbonyl (C=O) groups excluding carboxylic acids is 4. The van der Waals surface area contributed by atoms with Crippen LogP contribution in [0, 0.1) is 11.3 Å². The molecule has 0 spiro atoms. The lowest BCUT2D eigenvalue weighted by Gasteiger charge is -2.30. The summed E-state index contributed by atoms with van der Waals surface area (Å²) >= 11 is 11.7. The number of oxazole rings is 1. The average molecular weight is 428 g/mol. The number of amides is 2. The second-order valence-corrected chi connectivity index (χ2v) is 6.87. The Morgan fingerprint density at radius 2 is 1.62 bits per heavy atom. The quantitative estimate of drug-likeness (QED) is 0.349. The molecule has 1 fully saturated rings. The zero-order valence-electron chi connectivity index (χ0n) is 14.2. The molecule has 1 aromatic heterocycles. The van der Waals surface area contributed by atoms with Gasteiger partial charge in [0.25, 0.3) is 17.0 Å². The smallest absolute Gasteiger partial charge is 0.304 e. The number of nitriles is 1. The van der Waals surface area contributed by atoms with Crippen LogP contribution < -0.4 is 4.90 Å². The van der Waals surface area contributed by atoms with Crippen LogP contribution in [-0.2, 0) is 24.6 Å². The molecule has 0 atom stereocenters. The summed E-state index contributed by atoms with van der Waals surface area (Å²) in [6, 6.07) is 11.4. The number of Topliss-reactive ketones (excluding diaryl/α,β-unsaturated/α-hetero) is 2. The minimum Gasteiger partial charge on any atom is -0.438 e. The highest BCUT2D eigenvalue weighted by molar-refractivity contribution is 6.68. The Hall–Kier alpha value is -3.54. The highest BCUT2D eigenvalue weighted by Crippen LogP contribution is 2.36. The summed E-state index contributed by atoms with van der Waals surface area (Å²) < 4.78 is 5.38. The fourth-order valence-electron chi connectivity index (χ4n) is 2.95. The van der Waals surface area contributed by atoms with E-state index in [9.17, 15) is 24.4 Å². The van der Waals surface area contributed by atoms with Crippen molar-refractivity contribution < 1.29 is 23.6 Å². The number of ketones is 2. The van der Waals surface area contributed by atoms with Gasteiger partial charge in [-0.15, -0.1) is 0 Å². The number of carbonyl (C=O) groups is 4. The summed E-state index contributed by atoms with van der Waals surface area (Å²) in [5.74, 6) is -6.33. The number of aromatic nitrogens is 1. The second kappa shape index (κ2) is 6.51. The number of anilines is 1. The Balaban J connectivity index is 1.87. The predicted octanol–water partition coefficient (Wildman–Crippen LogP) is 2.61. The first-order valence-corrected chi connectivity index (χ1v) is 8.77. The van der Waals surface area contributed by atoms with Gasteiger partial charge >= 0.3 is 11.8 Å². The van der Waals surface area contributed by atoms with Crippen LogP contribution in [0.2, 0.25) is 10.0 Å². The summed E-state index contributed by atoms with van der Waals surface area (Å²) in [5.41, 5.74) is -2.51. The minimum absolute atomic E-state index is 0.000681. The van der Waals surface area contributed by atoms with E-state index >= 15 is 0 Å².